The Bertz CT molecular complexity index is 1360. The Morgan fingerprint density at radius 1 is 0.861 bits per heavy atom. The van der Waals surface area contributed by atoms with Gasteiger partial charge in [0.25, 0.3) is 0 Å². The number of benzene rings is 2. The first kappa shape index (κ1) is 24.1. The Labute approximate surface area is 218 Å². The van der Waals surface area contributed by atoms with Crippen LogP contribution in [0.5, 0.6) is 5.75 Å². The second-order valence-electron chi connectivity index (χ2n) is 9.54. The standard InChI is InChI=1S/C30H32N4OS/c1-19(2)35-25-16-14-24(15-17-25)34-29(28(32-30(34)36)26-13-9-10-18-31-26)27-20(3)21(4)33(22(27)5)23-11-7-6-8-12-23/h6-19,28-29H,1-5H3,(H,32,36). The molecule has 4 aromatic rings. The molecule has 1 aliphatic rings. The number of aromatic nitrogens is 2. The van der Waals surface area contributed by atoms with E-state index in [4.69, 9.17) is 21.9 Å². The third-order valence-corrected chi connectivity index (χ3v) is 7.22. The van der Waals surface area contributed by atoms with Gasteiger partial charge in [-0.05, 0) is 101 Å². The number of anilines is 1. The molecule has 0 amide bonds. The van der Waals surface area contributed by atoms with Crippen molar-refractivity contribution in [3.05, 3.63) is 107 Å². The molecular weight excluding hydrogens is 464 g/mol. The van der Waals surface area contributed by atoms with Crippen LogP contribution in [-0.2, 0) is 0 Å². The number of hydrogen-bond acceptors (Lipinski definition) is 3. The lowest BCUT2D eigenvalue weighted by Crippen LogP contribution is -2.29. The van der Waals surface area contributed by atoms with Crippen LogP contribution in [0.25, 0.3) is 5.69 Å². The number of pyridine rings is 1. The van der Waals surface area contributed by atoms with Crippen molar-refractivity contribution in [2.24, 2.45) is 0 Å². The van der Waals surface area contributed by atoms with Gasteiger partial charge in [0.2, 0.25) is 0 Å². The van der Waals surface area contributed by atoms with Gasteiger partial charge in [0, 0.05) is 34.5 Å². The average Bonchev–Trinajstić information content (AvgIpc) is 3.32. The summed E-state index contributed by atoms with van der Waals surface area (Å²) in [6.07, 6.45) is 1.97. The summed E-state index contributed by atoms with van der Waals surface area (Å²) in [7, 11) is 0. The first-order valence-corrected chi connectivity index (χ1v) is 12.8. The van der Waals surface area contributed by atoms with E-state index < -0.39 is 0 Å². The van der Waals surface area contributed by atoms with Gasteiger partial charge in [-0.15, -0.1) is 0 Å². The molecule has 184 valence electrons. The van der Waals surface area contributed by atoms with Gasteiger partial charge >= 0.3 is 0 Å². The fourth-order valence-corrected chi connectivity index (χ4v) is 5.64. The highest BCUT2D eigenvalue weighted by Gasteiger charge is 2.43. The molecule has 1 N–H and O–H groups in total. The quantitative estimate of drug-likeness (QED) is 0.299. The molecule has 1 saturated heterocycles. The SMILES string of the molecule is Cc1c(C2C(c3ccccn3)NC(=S)N2c2ccc(OC(C)C)cc2)c(C)n(-c2ccccc2)c1C. The average molecular weight is 497 g/mol. The Balaban J connectivity index is 1.66. The number of para-hydroxylation sites is 1. The molecule has 2 atom stereocenters. The van der Waals surface area contributed by atoms with Gasteiger partial charge in [0.05, 0.1) is 23.9 Å². The third-order valence-electron chi connectivity index (χ3n) is 6.90. The number of thiocarbonyl (C=S) groups is 1. The molecule has 1 fully saturated rings. The van der Waals surface area contributed by atoms with Gasteiger partial charge in [0.15, 0.2) is 5.11 Å². The molecule has 0 bridgehead atoms. The van der Waals surface area contributed by atoms with Gasteiger partial charge in [-0.2, -0.15) is 0 Å². The Morgan fingerprint density at radius 3 is 2.19 bits per heavy atom. The zero-order valence-electron chi connectivity index (χ0n) is 21.4. The molecule has 0 saturated carbocycles. The summed E-state index contributed by atoms with van der Waals surface area (Å²) in [6.45, 7) is 10.7. The van der Waals surface area contributed by atoms with Crippen LogP contribution in [0.4, 0.5) is 5.69 Å². The second-order valence-corrected chi connectivity index (χ2v) is 9.92. The highest BCUT2D eigenvalue weighted by molar-refractivity contribution is 7.80. The summed E-state index contributed by atoms with van der Waals surface area (Å²) in [5.74, 6) is 0.850. The van der Waals surface area contributed by atoms with Crippen molar-refractivity contribution in [1.29, 1.82) is 0 Å². The first-order chi connectivity index (χ1) is 17.4. The molecule has 2 aromatic carbocycles. The maximum absolute atomic E-state index is 5.95. The Kier molecular flexibility index (Phi) is 6.54. The molecule has 6 heteroatoms. The minimum absolute atomic E-state index is 0.0621. The molecule has 36 heavy (non-hydrogen) atoms. The summed E-state index contributed by atoms with van der Waals surface area (Å²) in [4.78, 5) is 6.95. The van der Waals surface area contributed by atoms with Gasteiger partial charge in [-0.25, -0.2) is 0 Å². The number of nitrogens with one attached hydrogen (secondary N) is 1. The molecule has 0 aliphatic carbocycles. The van der Waals surface area contributed by atoms with Crippen LogP contribution in [-0.4, -0.2) is 20.8 Å². The van der Waals surface area contributed by atoms with E-state index >= 15 is 0 Å². The second kappa shape index (κ2) is 9.78. The van der Waals surface area contributed by atoms with Crippen LogP contribution in [0, 0.1) is 20.8 Å². The zero-order chi connectivity index (χ0) is 25.4. The van der Waals surface area contributed by atoms with Crippen LogP contribution in [0.2, 0.25) is 0 Å². The molecule has 3 heterocycles. The minimum atomic E-state index is -0.0892. The lowest BCUT2D eigenvalue weighted by molar-refractivity contribution is 0.242. The van der Waals surface area contributed by atoms with E-state index in [1.54, 1.807) is 0 Å². The Hall–Kier alpha value is -3.64. The van der Waals surface area contributed by atoms with E-state index in [1.165, 1.54) is 22.5 Å². The van der Waals surface area contributed by atoms with Crippen molar-refractivity contribution >= 4 is 23.0 Å². The number of rotatable bonds is 6. The lowest BCUT2D eigenvalue weighted by atomic mass is 9.93. The number of ether oxygens (including phenoxy) is 1. The molecule has 2 unspecified atom stereocenters. The van der Waals surface area contributed by atoms with Crippen LogP contribution >= 0.6 is 12.2 Å². The van der Waals surface area contributed by atoms with E-state index in [-0.39, 0.29) is 18.2 Å². The fraction of sp³-hybridized carbons (Fsp3) is 0.267. The molecule has 1 aliphatic heterocycles. The van der Waals surface area contributed by atoms with E-state index in [0.29, 0.717) is 5.11 Å². The highest BCUT2D eigenvalue weighted by Crippen LogP contribution is 2.45. The van der Waals surface area contributed by atoms with Crippen LogP contribution < -0.4 is 15.0 Å². The van der Waals surface area contributed by atoms with Crippen molar-refractivity contribution < 1.29 is 4.74 Å². The summed E-state index contributed by atoms with van der Waals surface area (Å²) < 4.78 is 8.23. The first-order valence-electron chi connectivity index (χ1n) is 12.4. The predicted molar refractivity (Wildman–Crippen MR) is 150 cm³/mol. The molecule has 5 rings (SSSR count). The molecule has 2 aromatic heterocycles. The smallest absolute Gasteiger partial charge is 0.174 e. The van der Waals surface area contributed by atoms with Crippen molar-refractivity contribution in [2.45, 2.75) is 52.8 Å². The number of hydrogen-bond donors (Lipinski definition) is 1. The molecule has 0 radical (unpaired) electrons. The molecule has 0 spiro atoms. The minimum Gasteiger partial charge on any atom is -0.491 e. The molecule has 5 nitrogen and oxygen atoms in total. The maximum Gasteiger partial charge on any atom is 0.174 e. The summed E-state index contributed by atoms with van der Waals surface area (Å²) in [6, 6.07) is 24.6. The van der Waals surface area contributed by atoms with E-state index in [0.717, 1.165) is 22.8 Å². The van der Waals surface area contributed by atoms with Crippen molar-refractivity contribution in [1.82, 2.24) is 14.9 Å². The van der Waals surface area contributed by atoms with Crippen LogP contribution in [0.3, 0.4) is 0 Å². The van der Waals surface area contributed by atoms with Crippen molar-refractivity contribution in [3.63, 3.8) is 0 Å². The topological polar surface area (TPSA) is 42.3 Å². The summed E-state index contributed by atoms with van der Waals surface area (Å²) >= 11 is 5.95. The van der Waals surface area contributed by atoms with Gasteiger partial charge in [-0.1, -0.05) is 24.3 Å². The Morgan fingerprint density at radius 2 is 1.56 bits per heavy atom. The van der Waals surface area contributed by atoms with E-state index in [9.17, 15) is 0 Å². The largest absolute Gasteiger partial charge is 0.491 e. The van der Waals surface area contributed by atoms with E-state index in [1.807, 2.05) is 44.3 Å². The molecular formula is C30H32N4OS. The van der Waals surface area contributed by atoms with Crippen LogP contribution in [0.1, 0.15) is 54.1 Å². The fourth-order valence-electron chi connectivity index (χ4n) is 5.29. The third kappa shape index (κ3) is 4.26. The predicted octanol–water partition coefficient (Wildman–Crippen LogP) is 6.76. The van der Waals surface area contributed by atoms with Crippen LogP contribution in [0.15, 0.2) is 79.0 Å². The summed E-state index contributed by atoms with van der Waals surface area (Å²) in [5, 5.41) is 4.28. The van der Waals surface area contributed by atoms with Crippen molar-refractivity contribution in [3.8, 4) is 11.4 Å². The zero-order valence-corrected chi connectivity index (χ0v) is 22.2. The number of nitrogens with zero attached hydrogens (tertiary/aromatic N) is 3. The monoisotopic (exact) mass is 496 g/mol. The van der Waals surface area contributed by atoms with Gasteiger partial charge in [-0.3, -0.25) is 4.98 Å². The van der Waals surface area contributed by atoms with E-state index in [2.05, 4.69) is 84.1 Å². The van der Waals surface area contributed by atoms with Gasteiger partial charge in [0.1, 0.15) is 5.75 Å². The summed E-state index contributed by atoms with van der Waals surface area (Å²) in [5.41, 5.74) is 8.12. The van der Waals surface area contributed by atoms with Crippen molar-refractivity contribution in [2.75, 3.05) is 4.90 Å². The highest BCUT2D eigenvalue weighted by atomic mass is 32.1. The normalized spacial score (nSPS) is 17.5. The lowest BCUT2D eigenvalue weighted by Gasteiger charge is -2.29. The maximum atomic E-state index is 5.95. The van der Waals surface area contributed by atoms with Gasteiger partial charge < -0.3 is 19.5 Å².